The van der Waals surface area contributed by atoms with Crippen molar-refractivity contribution in [2.75, 3.05) is 26.9 Å². The molecule has 20 nitrogen and oxygen atoms in total. The Kier molecular flexibility index (Phi) is 42.4. The van der Waals surface area contributed by atoms with Gasteiger partial charge in [-0.2, -0.15) is 70.2 Å². The van der Waals surface area contributed by atoms with E-state index >= 15 is 0 Å². The lowest BCUT2D eigenvalue weighted by Crippen LogP contribution is -2.36. The first-order valence-corrected chi connectivity index (χ1v) is 28.6. The van der Waals surface area contributed by atoms with E-state index in [0.717, 1.165) is 14.0 Å². The van der Waals surface area contributed by atoms with Gasteiger partial charge in [-0.1, -0.05) is 18.2 Å². The molecule has 0 heterocycles. The number of methoxy groups -OCH3 is 1. The number of benzene rings is 1. The van der Waals surface area contributed by atoms with Crippen LogP contribution < -0.4 is 4.74 Å². The lowest BCUT2D eigenvalue weighted by molar-refractivity contribution is -0.204. The van der Waals surface area contributed by atoms with Crippen molar-refractivity contribution in [1.82, 2.24) is 0 Å². The molecule has 0 N–H and O–H groups in total. The van der Waals surface area contributed by atoms with E-state index in [1.165, 1.54) is 123 Å². The van der Waals surface area contributed by atoms with Crippen molar-refractivity contribution in [2.45, 2.75) is 259 Å². The van der Waals surface area contributed by atoms with Crippen molar-refractivity contribution in [2.24, 2.45) is 0 Å². The highest BCUT2D eigenvalue weighted by molar-refractivity contribution is 5.80. The number of esters is 10. The Balaban J connectivity index is -0.000000354. The minimum Gasteiger partial charge on any atom is -0.465 e. The standard InChI is InChI=1S/C15H18F2O4.C11H15F5O4.2C11H18F2O4.C10H16F2O4.C2H3F3/c1-11(18)21-14(2,3)9-10-15(16,17)13(19)20-12-7-5-4-6-8-12;1-7(17)20-9(2,3)4-5-10(12,13)8(18)19-6-11(14,15)16;2*1-5-16-9(15)11(12,13)7-6-10(3,4)17-8(2)14;1-7(13)16-9(2,3)5-6-10(11,12)8(14)15-4;1-2(3,4)5/h4-8H,9-10H2,1-3H3;4-6H2,1-3H3;2*5-7H2,1-4H3;5-6H2,1-4H3;1H3. The minimum atomic E-state index is -4.87. The van der Waals surface area contributed by atoms with E-state index in [1.807, 2.05) is 0 Å². The van der Waals surface area contributed by atoms with Gasteiger partial charge in [0.05, 0.1) is 20.3 Å². The van der Waals surface area contributed by atoms with Crippen LogP contribution >= 0.6 is 0 Å². The number of hydrogen-bond acceptors (Lipinski definition) is 20. The van der Waals surface area contributed by atoms with Gasteiger partial charge in [0.1, 0.15) is 33.8 Å². The molecule has 0 fully saturated rings. The van der Waals surface area contributed by atoms with Crippen molar-refractivity contribution in [3.63, 3.8) is 0 Å². The molecule has 560 valence electrons. The molecule has 1 rings (SSSR count). The molecule has 0 unspecified atom stereocenters. The predicted molar refractivity (Wildman–Crippen MR) is 306 cm³/mol. The van der Waals surface area contributed by atoms with E-state index in [2.05, 4.69) is 23.7 Å². The normalized spacial score (nSPS) is 12.2. The first kappa shape index (κ1) is 97.5. The summed E-state index contributed by atoms with van der Waals surface area (Å²) in [5, 5.41) is 0. The molecule has 0 atom stereocenters. The van der Waals surface area contributed by atoms with Crippen LogP contribution in [0, 0.1) is 0 Å². The van der Waals surface area contributed by atoms with Gasteiger partial charge in [0, 0.05) is 73.6 Å². The highest BCUT2D eigenvalue weighted by atomic mass is 19.4. The molecule has 0 saturated carbocycles. The number of hydrogen-bond donors (Lipinski definition) is 0. The molecule has 0 amide bonds. The summed E-state index contributed by atoms with van der Waals surface area (Å²) < 4.78 is 244. The topological polar surface area (TPSA) is 263 Å². The molecule has 1 aromatic carbocycles. The Hall–Kier alpha value is -7.20. The molecule has 0 aliphatic rings. The fourth-order valence-corrected chi connectivity index (χ4v) is 6.55. The summed E-state index contributed by atoms with van der Waals surface area (Å²) >= 11 is 0. The van der Waals surface area contributed by atoms with Crippen LogP contribution in [-0.2, 0) is 90.6 Å². The van der Waals surface area contributed by atoms with Crippen LogP contribution in [0.2, 0.25) is 0 Å². The average molecular weight is 1430 g/mol. The maximum absolute atomic E-state index is 13.8. The number of carbonyl (C=O) groups excluding carboxylic acids is 10. The van der Waals surface area contributed by atoms with Gasteiger partial charge in [0.25, 0.3) is 0 Å². The van der Waals surface area contributed by atoms with Crippen LogP contribution in [0.4, 0.5) is 70.2 Å². The first-order valence-electron chi connectivity index (χ1n) is 28.6. The number of halogens is 16. The molecule has 96 heavy (non-hydrogen) atoms. The van der Waals surface area contributed by atoms with Crippen molar-refractivity contribution in [3.8, 4) is 5.75 Å². The number of rotatable bonds is 29. The molecule has 1 aromatic rings. The Morgan fingerprint density at radius 1 is 0.323 bits per heavy atom. The van der Waals surface area contributed by atoms with Gasteiger partial charge in [0.2, 0.25) is 0 Å². The molecule has 0 bridgehead atoms. The summed E-state index contributed by atoms with van der Waals surface area (Å²) in [4.78, 5) is 109. The van der Waals surface area contributed by atoms with Gasteiger partial charge in [-0.05, 0) is 127 Å². The Morgan fingerprint density at radius 2 is 0.531 bits per heavy atom. The van der Waals surface area contributed by atoms with E-state index in [4.69, 9.17) is 23.7 Å². The fourth-order valence-electron chi connectivity index (χ4n) is 6.55. The summed E-state index contributed by atoms with van der Waals surface area (Å²) in [6.45, 7) is 21.4. The van der Waals surface area contributed by atoms with Crippen LogP contribution in [0.5, 0.6) is 5.75 Å². The van der Waals surface area contributed by atoms with E-state index in [1.54, 1.807) is 18.2 Å². The minimum absolute atomic E-state index is 0.0569. The number of para-hydroxylation sites is 1. The number of alkyl halides is 16. The maximum atomic E-state index is 13.8. The zero-order valence-electron chi connectivity index (χ0n) is 56.8. The lowest BCUT2D eigenvalue weighted by atomic mass is 9.99. The highest BCUT2D eigenvalue weighted by Crippen LogP contribution is 2.33. The first-order chi connectivity index (χ1) is 42.7. The number of carbonyl (C=O) groups is 10. The molecule has 0 saturated heterocycles. The largest absolute Gasteiger partial charge is 0.465 e. The SMILES string of the molecule is CC(=O)OC(C)(C)CCC(F)(F)C(=O)OCC(F)(F)F.CC(=O)OC(C)(C)CCC(F)(F)C(=O)Oc1ccccc1.CC(F)(F)F.CCOC(=O)C(F)(F)CCC(C)(C)OC(C)=O.CCOC(=O)C(F)(F)CCC(C)(C)OC(C)=O.COC(=O)C(F)(F)CCC(C)(C)OC(C)=O. The molecular weight excluding hydrogens is 1340 g/mol. The second-order valence-electron chi connectivity index (χ2n) is 23.4. The van der Waals surface area contributed by atoms with Gasteiger partial charge >= 0.3 is 102 Å². The summed E-state index contributed by atoms with van der Waals surface area (Å²) in [5.74, 6) is -29.8. The lowest BCUT2D eigenvalue weighted by Gasteiger charge is -2.26. The van der Waals surface area contributed by atoms with Crippen molar-refractivity contribution in [1.29, 1.82) is 0 Å². The second kappa shape index (κ2) is 41.8. The molecule has 36 heteroatoms. The fraction of sp³-hybridized carbons (Fsp3) is 0.733. The third-order valence-electron chi connectivity index (χ3n) is 10.9. The molecule has 0 spiro atoms. The van der Waals surface area contributed by atoms with Crippen molar-refractivity contribution in [3.05, 3.63) is 30.3 Å². The van der Waals surface area contributed by atoms with Crippen LogP contribution in [-0.4, -0.2) is 157 Å². The van der Waals surface area contributed by atoms with E-state index in [-0.39, 0.29) is 51.6 Å². The van der Waals surface area contributed by atoms with Crippen LogP contribution in [0.25, 0.3) is 0 Å². The third-order valence-corrected chi connectivity index (χ3v) is 10.9. The smallest absolute Gasteiger partial charge is 0.422 e. The highest BCUT2D eigenvalue weighted by Gasteiger charge is 2.47. The average Bonchev–Trinajstić information content (AvgIpc) is 3.72. The number of ether oxygens (including phenoxy) is 10. The third kappa shape index (κ3) is 54.0. The summed E-state index contributed by atoms with van der Waals surface area (Å²) in [5.41, 5.74) is -5.41. The predicted octanol–water partition coefficient (Wildman–Crippen LogP) is 14.3. The summed E-state index contributed by atoms with van der Waals surface area (Å²) in [6, 6.07) is 7.65. The Bertz CT molecular complexity index is 2520. The van der Waals surface area contributed by atoms with Gasteiger partial charge in [-0.3, -0.25) is 24.0 Å². The molecule has 0 aliphatic carbocycles. The van der Waals surface area contributed by atoms with Crippen molar-refractivity contribution >= 4 is 59.7 Å². The summed E-state index contributed by atoms with van der Waals surface area (Å²) in [7, 11) is 0.896. The van der Waals surface area contributed by atoms with Crippen LogP contribution in [0.15, 0.2) is 30.3 Å². The summed E-state index contributed by atoms with van der Waals surface area (Å²) in [6.07, 6.45) is -13.8. The zero-order chi connectivity index (χ0) is 77.1. The molecule has 0 aromatic heterocycles. The zero-order valence-corrected chi connectivity index (χ0v) is 56.8. The quantitative estimate of drug-likeness (QED) is 0.0312. The molecule has 0 aliphatic heterocycles. The van der Waals surface area contributed by atoms with E-state index in [9.17, 15) is 118 Å². The second-order valence-corrected chi connectivity index (χ2v) is 23.4. The Labute approximate surface area is 546 Å². The maximum Gasteiger partial charge on any atom is 0.422 e. The van der Waals surface area contributed by atoms with Crippen LogP contribution in [0.3, 0.4) is 0 Å². The van der Waals surface area contributed by atoms with Gasteiger partial charge in [0.15, 0.2) is 6.61 Å². The van der Waals surface area contributed by atoms with Gasteiger partial charge in [-0.25, -0.2) is 24.0 Å². The van der Waals surface area contributed by atoms with E-state index in [0.29, 0.717) is 0 Å². The monoisotopic (exact) mass is 1430 g/mol. The molecular formula is C60H88F16O20. The van der Waals surface area contributed by atoms with Gasteiger partial charge < -0.3 is 47.4 Å². The van der Waals surface area contributed by atoms with Gasteiger partial charge in [-0.15, -0.1) is 0 Å². The Morgan fingerprint density at radius 3 is 0.729 bits per heavy atom. The van der Waals surface area contributed by atoms with Crippen molar-refractivity contribution < 1.29 is 166 Å². The molecule has 0 radical (unpaired) electrons. The van der Waals surface area contributed by atoms with Crippen LogP contribution in [0.1, 0.15) is 189 Å². The van der Waals surface area contributed by atoms with E-state index < -0.39 is 175 Å².